The third-order valence-electron chi connectivity index (χ3n) is 3.92. The number of aromatic nitrogens is 3. The summed E-state index contributed by atoms with van der Waals surface area (Å²) in [4.78, 5) is 12.1. The van der Waals surface area contributed by atoms with Crippen molar-refractivity contribution in [3.63, 3.8) is 0 Å². The van der Waals surface area contributed by atoms with Gasteiger partial charge >= 0.3 is 0 Å². The Labute approximate surface area is 155 Å². The third kappa shape index (κ3) is 4.08. The van der Waals surface area contributed by atoms with Gasteiger partial charge in [-0.3, -0.25) is 4.79 Å². The molecule has 0 fully saturated rings. The van der Waals surface area contributed by atoms with Crippen molar-refractivity contribution in [3.05, 3.63) is 47.9 Å². The van der Waals surface area contributed by atoms with E-state index < -0.39 is 0 Å². The molecule has 1 aromatic carbocycles. The van der Waals surface area contributed by atoms with Crippen LogP contribution >= 0.6 is 11.8 Å². The number of rotatable bonds is 7. The van der Waals surface area contributed by atoms with E-state index in [-0.39, 0.29) is 11.7 Å². The summed E-state index contributed by atoms with van der Waals surface area (Å²) in [5.41, 5.74) is 1.91. The van der Waals surface area contributed by atoms with Gasteiger partial charge in [-0.25, -0.2) is 0 Å². The molecule has 7 nitrogen and oxygen atoms in total. The molecule has 1 N–H and O–H groups in total. The van der Waals surface area contributed by atoms with E-state index in [1.54, 1.807) is 13.4 Å². The fourth-order valence-corrected chi connectivity index (χ4v) is 3.16. The first-order valence-electron chi connectivity index (χ1n) is 8.04. The zero-order valence-electron chi connectivity index (χ0n) is 14.9. The lowest BCUT2D eigenvalue weighted by atomic mass is 10.2. The number of nitrogens with one attached hydrogen (secondary N) is 1. The summed E-state index contributed by atoms with van der Waals surface area (Å²) < 4.78 is 12.3. The van der Waals surface area contributed by atoms with Crippen molar-refractivity contribution in [1.82, 2.24) is 20.1 Å². The van der Waals surface area contributed by atoms with Gasteiger partial charge in [0.2, 0.25) is 5.91 Å². The molecule has 3 aromatic rings. The zero-order valence-corrected chi connectivity index (χ0v) is 15.7. The van der Waals surface area contributed by atoms with Crippen molar-refractivity contribution in [2.75, 3.05) is 12.9 Å². The van der Waals surface area contributed by atoms with E-state index in [0.29, 0.717) is 11.7 Å². The Morgan fingerprint density at radius 2 is 2.04 bits per heavy atom. The molecule has 0 atom stereocenters. The van der Waals surface area contributed by atoms with Crippen LogP contribution in [-0.4, -0.2) is 33.5 Å². The molecule has 0 radical (unpaired) electrons. The molecule has 0 saturated carbocycles. The number of aryl methyl sites for hydroxylation is 1. The summed E-state index contributed by atoms with van der Waals surface area (Å²) in [5, 5.41) is 11.9. The van der Waals surface area contributed by atoms with E-state index in [1.807, 2.05) is 48.9 Å². The van der Waals surface area contributed by atoms with Crippen LogP contribution in [0.4, 0.5) is 0 Å². The summed E-state index contributed by atoms with van der Waals surface area (Å²) in [7, 11) is 3.50. The van der Waals surface area contributed by atoms with Crippen molar-refractivity contribution >= 4 is 17.7 Å². The predicted molar refractivity (Wildman–Crippen MR) is 99.0 cm³/mol. The molecule has 26 heavy (non-hydrogen) atoms. The Hall–Kier alpha value is -2.74. The highest BCUT2D eigenvalue weighted by Crippen LogP contribution is 2.25. The second-order valence-corrected chi connectivity index (χ2v) is 6.61. The molecule has 0 aliphatic rings. The number of hydrogen-bond donors (Lipinski definition) is 1. The van der Waals surface area contributed by atoms with Gasteiger partial charge in [0.15, 0.2) is 11.0 Å². The molecule has 136 valence electrons. The molecule has 2 aromatic heterocycles. The number of methoxy groups -OCH3 is 1. The maximum atomic E-state index is 12.1. The number of hydrogen-bond acceptors (Lipinski definition) is 6. The molecular weight excluding hydrogens is 352 g/mol. The van der Waals surface area contributed by atoms with E-state index in [9.17, 15) is 4.79 Å². The molecule has 2 heterocycles. The number of carbonyl (C=O) groups is 1. The molecule has 0 bridgehead atoms. The van der Waals surface area contributed by atoms with Crippen LogP contribution in [0.1, 0.15) is 11.3 Å². The fraction of sp³-hybridized carbons (Fsp3) is 0.278. The highest BCUT2D eigenvalue weighted by atomic mass is 32.2. The zero-order chi connectivity index (χ0) is 18.5. The number of carbonyl (C=O) groups excluding carboxylic acids is 1. The van der Waals surface area contributed by atoms with E-state index in [1.165, 1.54) is 11.8 Å². The molecule has 1 amide bonds. The lowest BCUT2D eigenvalue weighted by molar-refractivity contribution is -0.118. The Bertz CT molecular complexity index is 886. The first-order chi connectivity index (χ1) is 12.6. The van der Waals surface area contributed by atoms with Crippen molar-refractivity contribution in [1.29, 1.82) is 0 Å². The van der Waals surface area contributed by atoms with Crippen molar-refractivity contribution in [3.8, 4) is 17.1 Å². The summed E-state index contributed by atoms with van der Waals surface area (Å²) in [5.74, 6) is 2.51. The van der Waals surface area contributed by atoms with Crippen LogP contribution in [0.2, 0.25) is 0 Å². The summed E-state index contributed by atoms with van der Waals surface area (Å²) >= 11 is 1.35. The highest BCUT2D eigenvalue weighted by Gasteiger charge is 2.15. The summed E-state index contributed by atoms with van der Waals surface area (Å²) in [6, 6.07) is 9.45. The fourth-order valence-electron chi connectivity index (χ4n) is 2.42. The van der Waals surface area contributed by atoms with Crippen LogP contribution in [0.5, 0.6) is 5.75 Å². The van der Waals surface area contributed by atoms with Crippen LogP contribution < -0.4 is 10.1 Å². The standard InChI is InChI=1S/C18H20N4O3S/c1-12-15(8-9-25-12)17-20-21-18(22(17)2)26-11-16(23)19-10-13-4-6-14(24-3)7-5-13/h4-9H,10-11H2,1-3H3,(H,19,23). The van der Waals surface area contributed by atoms with Crippen LogP contribution in [0, 0.1) is 6.92 Å². The van der Waals surface area contributed by atoms with Crippen LogP contribution in [0.3, 0.4) is 0 Å². The third-order valence-corrected chi connectivity index (χ3v) is 4.94. The Kier molecular flexibility index (Phi) is 5.62. The minimum Gasteiger partial charge on any atom is -0.497 e. The minimum atomic E-state index is -0.0603. The smallest absolute Gasteiger partial charge is 0.230 e. The minimum absolute atomic E-state index is 0.0603. The SMILES string of the molecule is COc1ccc(CNC(=O)CSc2nnc(-c3ccoc3C)n2C)cc1. The molecule has 0 unspecified atom stereocenters. The summed E-state index contributed by atoms with van der Waals surface area (Å²) in [6.45, 7) is 2.35. The van der Waals surface area contributed by atoms with Gasteiger partial charge in [-0.05, 0) is 30.7 Å². The van der Waals surface area contributed by atoms with Gasteiger partial charge in [-0.1, -0.05) is 23.9 Å². The number of benzene rings is 1. The largest absolute Gasteiger partial charge is 0.497 e. The first kappa shape index (κ1) is 18.1. The average Bonchev–Trinajstić information content (AvgIpc) is 3.23. The molecule has 0 aliphatic carbocycles. The van der Waals surface area contributed by atoms with E-state index in [0.717, 1.165) is 28.5 Å². The van der Waals surface area contributed by atoms with E-state index in [2.05, 4.69) is 15.5 Å². The maximum absolute atomic E-state index is 12.1. The molecular formula is C18H20N4O3S. The van der Waals surface area contributed by atoms with Crippen LogP contribution in [-0.2, 0) is 18.4 Å². The molecule has 8 heteroatoms. The molecule has 0 aliphatic heterocycles. The van der Waals surface area contributed by atoms with Gasteiger partial charge in [0.1, 0.15) is 11.5 Å². The molecule has 3 rings (SSSR count). The Morgan fingerprint density at radius 1 is 1.27 bits per heavy atom. The highest BCUT2D eigenvalue weighted by molar-refractivity contribution is 7.99. The predicted octanol–water partition coefficient (Wildman–Crippen LogP) is 2.80. The van der Waals surface area contributed by atoms with Gasteiger partial charge in [0.05, 0.1) is 24.7 Å². The first-order valence-corrected chi connectivity index (χ1v) is 9.03. The molecule has 0 spiro atoms. The van der Waals surface area contributed by atoms with E-state index >= 15 is 0 Å². The number of thioether (sulfide) groups is 1. The van der Waals surface area contributed by atoms with Crippen LogP contribution in [0.15, 0.2) is 46.2 Å². The monoisotopic (exact) mass is 372 g/mol. The van der Waals surface area contributed by atoms with Gasteiger partial charge < -0.3 is 19.0 Å². The number of ether oxygens (including phenoxy) is 1. The topological polar surface area (TPSA) is 82.2 Å². The average molecular weight is 372 g/mol. The second kappa shape index (κ2) is 8.09. The number of nitrogens with zero attached hydrogens (tertiary/aromatic N) is 3. The maximum Gasteiger partial charge on any atom is 0.230 e. The van der Waals surface area contributed by atoms with Crippen molar-refractivity contribution in [2.24, 2.45) is 7.05 Å². The normalized spacial score (nSPS) is 10.7. The lowest BCUT2D eigenvalue weighted by Gasteiger charge is -2.06. The lowest BCUT2D eigenvalue weighted by Crippen LogP contribution is -2.24. The number of furan rings is 1. The Morgan fingerprint density at radius 3 is 2.69 bits per heavy atom. The quantitative estimate of drug-likeness (QED) is 0.642. The van der Waals surface area contributed by atoms with Gasteiger partial charge in [-0.2, -0.15) is 0 Å². The van der Waals surface area contributed by atoms with Crippen LogP contribution in [0.25, 0.3) is 11.4 Å². The molecule has 0 saturated heterocycles. The van der Waals surface area contributed by atoms with Gasteiger partial charge in [0, 0.05) is 13.6 Å². The summed E-state index contributed by atoms with van der Waals surface area (Å²) in [6.07, 6.45) is 1.62. The Balaban J connectivity index is 1.53. The van der Waals surface area contributed by atoms with Gasteiger partial charge in [0.25, 0.3) is 0 Å². The van der Waals surface area contributed by atoms with Crippen molar-refractivity contribution < 1.29 is 13.9 Å². The second-order valence-electron chi connectivity index (χ2n) is 5.67. The van der Waals surface area contributed by atoms with Crippen molar-refractivity contribution in [2.45, 2.75) is 18.6 Å². The van der Waals surface area contributed by atoms with E-state index in [4.69, 9.17) is 9.15 Å². The number of amides is 1. The van der Waals surface area contributed by atoms with Gasteiger partial charge in [-0.15, -0.1) is 10.2 Å².